The molecule has 4 heteroatoms. The maximum atomic E-state index is 12.4. The Labute approximate surface area is 64.8 Å². The first-order valence-electron chi connectivity index (χ1n) is 3.47. The minimum atomic E-state index is -1.86. The summed E-state index contributed by atoms with van der Waals surface area (Å²) in [5.41, 5.74) is 0. The van der Waals surface area contributed by atoms with Crippen molar-refractivity contribution in [2.75, 3.05) is 6.61 Å². The number of aliphatic hydroxyl groups is 2. The SMILES string of the molecule is CC(C)C(=O)C(O)C(F)CO. The van der Waals surface area contributed by atoms with Gasteiger partial charge in [-0.2, -0.15) is 0 Å². The molecule has 0 saturated heterocycles. The molecule has 0 aromatic rings. The summed E-state index contributed by atoms with van der Waals surface area (Å²) in [7, 11) is 0. The van der Waals surface area contributed by atoms with Gasteiger partial charge in [-0.1, -0.05) is 13.8 Å². The van der Waals surface area contributed by atoms with E-state index in [0.29, 0.717) is 0 Å². The molecule has 2 N–H and O–H groups in total. The summed E-state index contributed by atoms with van der Waals surface area (Å²) in [6, 6.07) is 0. The number of aliphatic hydroxyl groups excluding tert-OH is 2. The van der Waals surface area contributed by atoms with Crippen LogP contribution in [0.1, 0.15) is 13.8 Å². The molecule has 0 aliphatic heterocycles. The van der Waals surface area contributed by atoms with E-state index in [9.17, 15) is 9.18 Å². The van der Waals surface area contributed by atoms with Crippen molar-refractivity contribution in [1.29, 1.82) is 0 Å². The molecule has 0 rings (SSSR count). The number of carbonyl (C=O) groups excluding carboxylic acids is 1. The fourth-order valence-corrected chi connectivity index (χ4v) is 0.620. The maximum absolute atomic E-state index is 12.4. The van der Waals surface area contributed by atoms with Crippen LogP contribution >= 0.6 is 0 Å². The van der Waals surface area contributed by atoms with Crippen molar-refractivity contribution in [3.05, 3.63) is 0 Å². The molecule has 0 fully saturated rings. The summed E-state index contributed by atoms with van der Waals surface area (Å²) in [5.74, 6) is -0.985. The van der Waals surface area contributed by atoms with Crippen LogP contribution in [0.5, 0.6) is 0 Å². The number of rotatable bonds is 4. The van der Waals surface area contributed by atoms with Crippen LogP contribution in [-0.4, -0.2) is 34.9 Å². The van der Waals surface area contributed by atoms with Gasteiger partial charge in [-0.15, -0.1) is 0 Å². The molecule has 3 nitrogen and oxygen atoms in total. The summed E-state index contributed by atoms with van der Waals surface area (Å²) in [6.07, 6.45) is -3.54. The Morgan fingerprint density at radius 1 is 1.55 bits per heavy atom. The number of alkyl halides is 1. The van der Waals surface area contributed by atoms with Crippen LogP contribution in [0, 0.1) is 5.92 Å². The molecule has 0 aromatic heterocycles. The molecule has 2 unspecified atom stereocenters. The Kier molecular flexibility index (Phi) is 4.22. The van der Waals surface area contributed by atoms with Crippen LogP contribution < -0.4 is 0 Å². The summed E-state index contributed by atoms with van der Waals surface area (Å²) in [4.78, 5) is 10.8. The highest BCUT2D eigenvalue weighted by molar-refractivity contribution is 5.85. The third kappa shape index (κ3) is 2.95. The van der Waals surface area contributed by atoms with Crippen LogP contribution in [0.3, 0.4) is 0 Å². The van der Waals surface area contributed by atoms with E-state index in [1.165, 1.54) is 0 Å². The van der Waals surface area contributed by atoms with Crippen LogP contribution in [0.2, 0.25) is 0 Å². The first-order valence-corrected chi connectivity index (χ1v) is 3.47. The molecule has 0 aliphatic rings. The average Bonchev–Trinajstić information content (AvgIpc) is 2.00. The highest BCUT2D eigenvalue weighted by Crippen LogP contribution is 2.05. The number of hydrogen-bond acceptors (Lipinski definition) is 3. The lowest BCUT2D eigenvalue weighted by Gasteiger charge is -2.13. The van der Waals surface area contributed by atoms with E-state index in [-0.39, 0.29) is 0 Å². The van der Waals surface area contributed by atoms with Crippen LogP contribution in [0.15, 0.2) is 0 Å². The van der Waals surface area contributed by atoms with E-state index in [4.69, 9.17) is 10.2 Å². The molecule has 0 aromatic carbocycles. The minimum absolute atomic E-state index is 0.408. The van der Waals surface area contributed by atoms with E-state index in [1.54, 1.807) is 13.8 Å². The van der Waals surface area contributed by atoms with Crippen molar-refractivity contribution in [1.82, 2.24) is 0 Å². The Balaban J connectivity index is 4.02. The summed E-state index contributed by atoms with van der Waals surface area (Å²) in [6.45, 7) is 2.31. The molecule has 0 radical (unpaired) electrons. The Morgan fingerprint density at radius 2 is 2.00 bits per heavy atom. The van der Waals surface area contributed by atoms with Crippen molar-refractivity contribution in [3.8, 4) is 0 Å². The van der Waals surface area contributed by atoms with Gasteiger partial charge in [-0.3, -0.25) is 4.79 Å². The largest absolute Gasteiger partial charge is 0.393 e. The quantitative estimate of drug-likeness (QED) is 0.610. The lowest BCUT2D eigenvalue weighted by atomic mass is 10.0. The van der Waals surface area contributed by atoms with Gasteiger partial charge < -0.3 is 10.2 Å². The van der Waals surface area contributed by atoms with Gasteiger partial charge in [0.2, 0.25) is 0 Å². The minimum Gasteiger partial charge on any atom is -0.393 e. The molecule has 0 saturated carbocycles. The maximum Gasteiger partial charge on any atom is 0.166 e. The van der Waals surface area contributed by atoms with Crippen molar-refractivity contribution >= 4 is 5.78 Å². The lowest BCUT2D eigenvalue weighted by molar-refractivity contribution is -0.134. The van der Waals surface area contributed by atoms with Crippen molar-refractivity contribution < 1.29 is 19.4 Å². The highest BCUT2D eigenvalue weighted by atomic mass is 19.1. The fourth-order valence-electron chi connectivity index (χ4n) is 0.620. The number of carbonyl (C=O) groups is 1. The smallest absolute Gasteiger partial charge is 0.166 e. The van der Waals surface area contributed by atoms with Crippen LogP contribution in [0.4, 0.5) is 4.39 Å². The normalized spacial score (nSPS) is 16.5. The predicted molar refractivity (Wildman–Crippen MR) is 37.8 cm³/mol. The molecular formula is C7H13FO3. The third-order valence-corrected chi connectivity index (χ3v) is 1.38. The number of Topliss-reactive ketones (excluding diaryl/α,β-unsaturated/α-hetero) is 1. The van der Waals surface area contributed by atoms with Gasteiger partial charge in [0.25, 0.3) is 0 Å². The van der Waals surface area contributed by atoms with Crippen LogP contribution in [-0.2, 0) is 4.79 Å². The predicted octanol–water partition coefficient (Wildman–Crippen LogP) is -0.0972. The number of hydrogen-bond donors (Lipinski definition) is 2. The molecule has 2 atom stereocenters. The van der Waals surface area contributed by atoms with Gasteiger partial charge in [0.05, 0.1) is 6.61 Å². The molecule has 0 spiro atoms. The van der Waals surface area contributed by atoms with Crippen molar-refractivity contribution in [2.24, 2.45) is 5.92 Å². The van der Waals surface area contributed by atoms with Gasteiger partial charge in [0, 0.05) is 5.92 Å². The number of ketones is 1. The molecule has 0 amide bonds. The van der Waals surface area contributed by atoms with Gasteiger partial charge in [0.1, 0.15) is 6.10 Å². The van der Waals surface area contributed by atoms with Crippen LogP contribution in [0.25, 0.3) is 0 Å². The van der Waals surface area contributed by atoms with Gasteiger partial charge in [0.15, 0.2) is 12.0 Å². The highest BCUT2D eigenvalue weighted by Gasteiger charge is 2.26. The van der Waals surface area contributed by atoms with E-state index in [0.717, 1.165) is 0 Å². The molecule has 0 bridgehead atoms. The monoisotopic (exact) mass is 164 g/mol. The second-order valence-electron chi connectivity index (χ2n) is 2.70. The van der Waals surface area contributed by atoms with Crippen molar-refractivity contribution in [2.45, 2.75) is 26.1 Å². The Morgan fingerprint density at radius 3 is 2.27 bits per heavy atom. The third-order valence-electron chi connectivity index (χ3n) is 1.38. The second kappa shape index (κ2) is 4.41. The standard InChI is InChI=1S/C7H13FO3/c1-4(2)6(10)7(11)5(8)3-9/h4-5,7,9,11H,3H2,1-2H3. The summed E-state index contributed by atoms with van der Waals surface area (Å²) < 4.78 is 12.4. The van der Waals surface area contributed by atoms with E-state index >= 15 is 0 Å². The first-order chi connectivity index (χ1) is 5.00. The number of halogens is 1. The Bertz CT molecular complexity index is 136. The Hall–Kier alpha value is -0.480. The molecule has 0 heterocycles. The summed E-state index contributed by atoms with van der Waals surface area (Å²) in [5, 5.41) is 17.1. The van der Waals surface area contributed by atoms with E-state index < -0.39 is 30.6 Å². The lowest BCUT2D eigenvalue weighted by Crippen LogP contribution is -2.35. The van der Waals surface area contributed by atoms with E-state index in [1.807, 2.05) is 0 Å². The fraction of sp³-hybridized carbons (Fsp3) is 0.857. The van der Waals surface area contributed by atoms with Gasteiger partial charge >= 0.3 is 0 Å². The topological polar surface area (TPSA) is 57.5 Å². The van der Waals surface area contributed by atoms with Gasteiger partial charge in [-0.05, 0) is 0 Å². The zero-order valence-electron chi connectivity index (χ0n) is 6.62. The average molecular weight is 164 g/mol. The van der Waals surface area contributed by atoms with E-state index in [2.05, 4.69) is 0 Å². The molecule has 66 valence electrons. The molecule has 11 heavy (non-hydrogen) atoms. The zero-order valence-corrected chi connectivity index (χ0v) is 6.62. The molecular weight excluding hydrogens is 151 g/mol. The zero-order chi connectivity index (χ0) is 9.02. The van der Waals surface area contributed by atoms with Crippen molar-refractivity contribution in [3.63, 3.8) is 0 Å². The molecule has 0 aliphatic carbocycles. The summed E-state index contributed by atoms with van der Waals surface area (Å²) >= 11 is 0. The van der Waals surface area contributed by atoms with Gasteiger partial charge in [-0.25, -0.2) is 4.39 Å². The first kappa shape index (κ1) is 10.5. The second-order valence-corrected chi connectivity index (χ2v) is 2.70.